The Bertz CT molecular complexity index is 718. The fourth-order valence-electron chi connectivity index (χ4n) is 3.45. The van der Waals surface area contributed by atoms with Crippen molar-refractivity contribution in [1.82, 2.24) is 0 Å². The van der Waals surface area contributed by atoms with Gasteiger partial charge in [0.15, 0.2) is 0 Å². The molecule has 0 unspecified atom stereocenters. The SMILES string of the molecule is CCc1cc(N2CCCC2)cc2c1Nc1c(C)cccc1S2. The highest BCUT2D eigenvalue weighted by Crippen LogP contribution is 2.48. The molecular weight excluding hydrogens is 288 g/mol. The molecule has 1 N–H and O–H groups in total. The van der Waals surface area contributed by atoms with Crippen LogP contribution in [0.25, 0.3) is 0 Å². The van der Waals surface area contributed by atoms with E-state index in [4.69, 9.17) is 0 Å². The minimum atomic E-state index is 1.07. The van der Waals surface area contributed by atoms with Crippen molar-refractivity contribution < 1.29 is 0 Å². The Kier molecular flexibility index (Phi) is 3.53. The Morgan fingerprint density at radius 3 is 2.68 bits per heavy atom. The molecule has 1 fully saturated rings. The van der Waals surface area contributed by atoms with Gasteiger partial charge in [-0.2, -0.15) is 0 Å². The van der Waals surface area contributed by atoms with E-state index in [9.17, 15) is 0 Å². The summed E-state index contributed by atoms with van der Waals surface area (Å²) in [6.45, 7) is 6.84. The van der Waals surface area contributed by atoms with Crippen LogP contribution in [0.1, 0.15) is 30.9 Å². The maximum Gasteiger partial charge on any atom is 0.0560 e. The molecule has 0 aliphatic carbocycles. The van der Waals surface area contributed by atoms with Crippen molar-refractivity contribution in [3.8, 4) is 0 Å². The van der Waals surface area contributed by atoms with Crippen LogP contribution in [0.15, 0.2) is 40.1 Å². The van der Waals surface area contributed by atoms with E-state index in [1.807, 2.05) is 11.8 Å². The van der Waals surface area contributed by atoms with E-state index in [1.54, 1.807) is 0 Å². The molecular formula is C19H22N2S. The van der Waals surface area contributed by atoms with E-state index >= 15 is 0 Å². The monoisotopic (exact) mass is 310 g/mol. The first-order chi connectivity index (χ1) is 10.8. The molecule has 3 heteroatoms. The van der Waals surface area contributed by atoms with Crippen molar-refractivity contribution >= 4 is 28.8 Å². The Hall–Kier alpha value is -1.61. The molecule has 0 atom stereocenters. The molecule has 4 rings (SSSR count). The first-order valence-electron chi connectivity index (χ1n) is 8.22. The van der Waals surface area contributed by atoms with Crippen LogP contribution >= 0.6 is 11.8 Å². The fourth-order valence-corrected chi connectivity index (χ4v) is 4.61. The fraction of sp³-hybridized carbons (Fsp3) is 0.368. The molecule has 2 aliphatic heterocycles. The summed E-state index contributed by atoms with van der Waals surface area (Å²) in [5, 5.41) is 3.71. The summed E-state index contributed by atoms with van der Waals surface area (Å²) < 4.78 is 0. The number of nitrogens with zero attached hydrogens (tertiary/aromatic N) is 1. The van der Waals surface area contributed by atoms with Gasteiger partial charge in [0, 0.05) is 28.6 Å². The summed E-state index contributed by atoms with van der Waals surface area (Å²) in [4.78, 5) is 5.25. The van der Waals surface area contributed by atoms with E-state index < -0.39 is 0 Å². The molecule has 0 bridgehead atoms. The number of hydrogen-bond donors (Lipinski definition) is 1. The minimum Gasteiger partial charge on any atom is -0.371 e. The molecule has 0 aromatic heterocycles. The van der Waals surface area contributed by atoms with Gasteiger partial charge in [-0.3, -0.25) is 0 Å². The smallest absolute Gasteiger partial charge is 0.0560 e. The lowest BCUT2D eigenvalue weighted by molar-refractivity contribution is 0.949. The maximum absolute atomic E-state index is 3.71. The zero-order valence-electron chi connectivity index (χ0n) is 13.3. The van der Waals surface area contributed by atoms with Crippen molar-refractivity contribution in [2.24, 2.45) is 0 Å². The third-order valence-electron chi connectivity index (χ3n) is 4.73. The summed E-state index contributed by atoms with van der Waals surface area (Å²) in [6.07, 6.45) is 3.72. The minimum absolute atomic E-state index is 1.07. The number of aryl methyl sites for hydroxylation is 2. The Morgan fingerprint density at radius 2 is 1.91 bits per heavy atom. The quantitative estimate of drug-likeness (QED) is 0.685. The highest BCUT2D eigenvalue weighted by Gasteiger charge is 2.22. The molecule has 114 valence electrons. The second-order valence-electron chi connectivity index (χ2n) is 6.20. The average Bonchev–Trinajstić information content (AvgIpc) is 3.07. The van der Waals surface area contributed by atoms with Crippen LogP contribution in [0.4, 0.5) is 17.1 Å². The number of anilines is 3. The topological polar surface area (TPSA) is 15.3 Å². The van der Waals surface area contributed by atoms with Crippen molar-refractivity contribution in [2.45, 2.75) is 42.9 Å². The van der Waals surface area contributed by atoms with E-state index in [-0.39, 0.29) is 0 Å². The van der Waals surface area contributed by atoms with Crippen LogP contribution < -0.4 is 10.2 Å². The number of hydrogen-bond acceptors (Lipinski definition) is 3. The lowest BCUT2D eigenvalue weighted by Gasteiger charge is -2.27. The number of benzene rings is 2. The van der Waals surface area contributed by atoms with Gasteiger partial charge in [0.1, 0.15) is 0 Å². The Morgan fingerprint density at radius 1 is 1.09 bits per heavy atom. The summed E-state index contributed by atoms with van der Waals surface area (Å²) >= 11 is 1.91. The lowest BCUT2D eigenvalue weighted by Crippen LogP contribution is -2.18. The summed E-state index contributed by atoms with van der Waals surface area (Å²) in [6, 6.07) is 11.3. The van der Waals surface area contributed by atoms with Gasteiger partial charge in [-0.1, -0.05) is 30.8 Å². The van der Waals surface area contributed by atoms with Crippen molar-refractivity contribution in [3.05, 3.63) is 41.5 Å². The molecule has 2 aromatic rings. The van der Waals surface area contributed by atoms with E-state index in [0.29, 0.717) is 0 Å². The highest BCUT2D eigenvalue weighted by atomic mass is 32.2. The Labute approximate surface area is 136 Å². The van der Waals surface area contributed by atoms with Crippen molar-refractivity contribution in [1.29, 1.82) is 0 Å². The van der Waals surface area contributed by atoms with Crippen molar-refractivity contribution in [3.63, 3.8) is 0 Å². The lowest BCUT2D eigenvalue weighted by atomic mass is 10.1. The second kappa shape index (κ2) is 5.54. The van der Waals surface area contributed by atoms with Crippen LogP contribution in [-0.4, -0.2) is 13.1 Å². The maximum atomic E-state index is 3.71. The predicted molar refractivity (Wildman–Crippen MR) is 95.9 cm³/mol. The standard InChI is InChI=1S/C19H22N2S/c1-3-14-11-15(21-9-4-5-10-21)12-17-19(14)20-18-13(2)7-6-8-16(18)22-17/h6-8,11-12,20H,3-5,9-10H2,1-2H3. The van der Waals surface area contributed by atoms with Crippen LogP contribution in [0.5, 0.6) is 0 Å². The van der Waals surface area contributed by atoms with Gasteiger partial charge in [0.05, 0.1) is 11.4 Å². The number of fused-ring (bicyclic) bond motifs is 2. The van der Waals surface area contributed by atoms with Crippen molar-refractivity contribution in [2.75, 3.05) is 23.3 Å². The van der Waals surface area contributed by atoms with Crippen LogP contribution in [0, 0.1) is 6.92 Å². The van der Waals surface area contributed by atoms with E-state index in [0.717, 1.165) is 6.42 Å². The molecule has 2 aromatic carbocycles. The molecule has 1 saturated heterocycles. The molecule has 22 heavy (non-hydrogen) atoms. The van der Waals surface area contributed by atoms with Gasteiger partial charge in [-0.05, 0) is 55.5 Å². The van der Waals surface area contributed by atoms with Gasteiger partial charge < -0.3 is 10.2 Å². The Balaban J connectivity index is 1.79. The number of para-hydroxylation sites is 1. The normalized spacial score (nSPS) is 16.2. The van der Waals surface area contributed by atoms with Gasteiger partial charge >= 0.3 is 0 Å². The summed E-state index contributed by atoms with van der Waals surface area (Å²) in [5.74, 6) is 0. The van der Waals surface area contributed by atoms with Crippen LogP contribution in [0.3, 0.4) is 0 Å². The molecule has 0 spiro atoms. The highest BCUT2D eigenvalue weighted by molar-refractivity contribution is 7.99. The zero-order valence-corrected chi connectivity index (χ0v) is 14.1. The molecule has 0 saturated carbocycles. The van der Waals surface area contributed by atoms with E-state index in [1.165, 1.54) is 63.9 Å². The molecule has 2 nitrogen and oxygen atoms in total. The van der Waals surface area contributed by atoms with Gasteiger partial charge in [-0.15, -0.1) is 0 Å². The molecule has 2 aliphatic rings. The molecule has 2 heterocycles. The predicted octanol–water partition coefficient (Wildman–Crippen LogP) is 5.37. The van der Waals surface area contributed by atoms with E-state index in [2.05, 4.69) is 54.4 Å². The number of rotatable bonds is 2. The first kappa shape index (κ1) is 14.0. The average molecular weight is 310 g/mol. The third-order valence-corrected chi connectivity index (χ3v) is 5.83. The summed E-state index contributed by atoms with van der Waals surface area (Å²) in [5.41, 5.74) is 6.75. The van der Waals surface area contributed by atoms with Gasteiger partial charge in [-0.25, -0.2) is 0 Å². The zero-order chi connectivity index (χ0) is 15.1. The molecule has 0 radical (unpaired) electrons. The van der Waals surface area contributed by atoms with Crippen LogP contribution in [0.2, 0.25) is 0 Å². The largest absolute Gasteiger partial charge is 0.371 e. The number of nitrogens with one attached hydrogen (secondary N) is 1. The summed E-state index contributed by atoms with van der Waals surface area (Å²) in [7, 11) is 0. The van der Waals surface area contributed by atoms with Gasteiger partial charge in [0.25, 0.3) is 0 Å². The van der Waals surface area contributed by atoms with Gasteiger partial charge in [0.2, 0.25) is 0 Å². The third kappa shape index (κ3) is 2.28. The second-order valence-corrected chi connectivity index (χ2v) is 7.28. The van der Waals surface area contributed by atoms with Crippen LogP contribution in [-0.2, 0) is 6.42 Å². The first-order valence-corrected chi connectivity index (χ1v) is 9.04. The molecule has 0 amide bonds.